The van der Waals surface area contributed by atoms with Gasteiger partial charge in [0, 0.05) is 17.3 Å². The minimum atomic E-state index is -0.482. The number of benzene rings is 3. The minimum Gasteiger partial charge on any atom is -0.493 e. The van der Waals surface area contributed by atoms with Gasteiger partial charge in [0.2, 0.25) is 0 Å². The Morgan fingerprint density at radius 3 is 2.55 bits per heavy atom. The molecule has 3 aromatic carbocycles. The number of hydrazone groups is 1. The number of methoxy groups -OCH3 is 2. The molecule has 11 heteroatoms. The Morgan fingerprint density at radius 1 is 1.00 bits per heavy atom. The van der Waals surface area contributed by atoms with Gasteiger partial charge in [-0.2, -0.15) is 10.1 Å². The van der Waals surface area contributed by atoms with Crippen molar-refractivity contribution in [3.8, 4) is 22.8 Å². The van der Waals surface area contributed by atoms with E-state index in [2.05, 4.69) is 10.4 Å². The predicted molar refractivity (Wildman–Crippen MR) is 168 cm³/mol. The Balaban J connectivity index is 1.35. The van der Waals surface area contributed by atoms with Crippen molar-refractivity contribution in [2.24, 2.45) is 5.10 Å². The Bertz CT molecular complexity index is 1830. The van der Waals surface area contributed by atoms with Crippen LogP contribution in [0.2, 0.25) is 5.02 Å². The monoisotopic (exact) mass is 613 g/mol. The zero-order valence-corrected chi connectivity index (χ0v) is 25.1. The molecule has 0 bridgehead atoms. The molecule has 2 amide bonds. The zero-order chi connectivity index (χ0) is 31.4. The van der Waals surface area contributed by atoms with Gasteiger partial charge in [-0.25, -0.2) is 4.79 Å². The SMILES string of the molecule is CCOC(=O)c1cccc(N2N=C(C)/C(=C/c3ccc(-c4ccc(Cl)c(C(=O)Nc5ccc(OC)c(OC)c5)c4)o3)C2=O)c1. The van der Waals surface area contributed by atoms with Crippen LogP contribution in [-0.2, 0) is 9.53 Å². The lowest BCUT2D eigenvalue weighted by molar-refractivity contribution is -0.114. The summed E-state index contributed by atoms with van der Waals surface area (Å²) >= 11 is 6.38. The number of furan rings is 1. The molecule has 0 spiro atoms. The summed E-state index contributed by atoms with van der Waals surface area (Å²) in [5, 5.41) is 8.70. The third-order valence-electron chi connectivity index (χ3n) is 6.71. The third-order valence-corrected chi connectivity index (χ3v) is 7.04. The Labute approximate surface area is 258 Å². The van der Waals surface area contributed by atoms with Gasteiger partial charge in [-0.15, -0.1) is 0 Å². The van der Waals surface area contributed by atoms with Crippen LogP contribution in [0, 0.1) is 0 Å². The molecule has 0 saturated carbocycles. The van der Waals surface area contributed by atoms with Crippen molar-refractivity contribution in [3.05, 3.63) is 100 Å². The van der Waals surface area contributed by atoms with E-state index < -0.39 is 11.9 Å². The molecule has 10 nitrogen and oxygen atoms in total. The minimum absolute atomic E-state index is 0.241. The molecule has 0 radical (unpaired) electrons. The van der Waals surface area contributed by atoms with Crippen LogP contribution in [0.25, 0.3) is 17.4 Å². The standard InChI is InChI=1S/C33H28ClN3O7/c1-5-43-33(40)21-7-6-8-23(15-21)37-32(39)25(19(2)36-37)18-24-11-14-28(44-24)20-9-12-27(34)26(16-20)31(38)35-22-10-13-29(41-3)30(17-22)42-4/h6-18H,5H2,1-4H3,(H,35,38)/b25-18-. The van der Waals surface area contributed by atoms with Crippen molar-refractivity contribution in [1.82, 2.24) is 0 Å². The van der Waals surface area contributed by atoms with Crippen molar-refractivity contribution in [2.75, 3.05) is 31.2 Å². The molecule has 4 aromatic rings. The number of nitrogens with one attached hydrogen (secondary N) is 1. The molecule has 0 unspecified atom stereocenters. The van der Waals surface area contributed by atoms with Crippen molar-refractivity contribution in [3.63, 3.8) is 0 Å². The first-order chi connectivity index (χ1) is 21.2. The molecule has 224 valence electrons. The van der Waals surface area contributed by atoms with Gasteiger partial charge in [0.05, 0.1) is 53.9 Å². The first-order valence-corrected chi connectivity index (χ1v) is 13.9. The molecule has 1 aromatic heterocycles. The fourth-order valence-electron chi connectivity index (χ4n) is 4.53. The van der Waals surface area contributed by atoms with Crippen LogP contribution in [0.4, 0.5) is 11.4 Å². The van der Waals surface area contributed by atoms with E-state index in [0.717, 1.165) is 0 Å². The number of carbonyl (C=O) groups excluding carboxylic acids is 3. The van der Waals surface area contributed by atoms with Gasteiger partial charge in [0.25, 0.3) is 11.8 Å². The number of anilines is 2. The van der Waals surface area contributed by atoms with Crippen LogP contribution >= 0.6 is 11.6 Å². The van der Waals surface area contributed by atoms with E-state index in [1.165, 1.54) is 19.2 Å². The van der Waals surface area contributed by atoms with Gasteiger partial charge in [0.15, 0.2) is 11.5 Å². The average Bonchev–Trinajstić information content (AvgIpc) is 3.61. The second-order valence-corrected chi connectivity index (χ2v) is 9.96. The summed E-state index contributed by atoms with van der Waals surface area (Å²) in [7, 11) is 3.04. The molecular formula is C33H28ClN3O7. The zero-order valence-electron chi connectivity index (χ0n) is 24.3. The summed E-state index contributed by atoms with van der Waals surface area (Å²) in [5.41, 5.74) is 2.91. The van der Waals surface area contributed by atoms with E-state index in [1.807, 2.05) is 0 Å². The third kappa shape index (κ3) is 6.20. The summed E-state index contributed by atoms with van der Waals surface area (Å²) in [4.78, 5) is 38.6. The predicted octanol–water partition coefficient (Wildman–Crippen LogP) is 6.85. The summed E-state index contributed by atoms with van der Waals surface area (Å²) in [6.07, 6.45) is 1.60. The molecule has 0 fully saturated rings. The van der Waals surface area contributed by atoms with Gasteiger partial charge >= 0.3 is 5.97 Å². The van der Waals surface area contributed by atoms with Crippen molar-refractivity contribution >= 4 is 52.5 Å². The average molecular weight is 614 g/mol. The quantitative estimate of drug-likeness (QED) is 0.162. The maximum Gasteiger partial charge on any atom is 0.338 e. The molecule has 1 aliphatic rings. The molecule has 5 rings (SSSR count). The first kappa shape index (κ1) is 30.1. The lowest BCUT2D eigenvalue weighted by atomic mass is 10.1. The molecule has 1 aliphatic heterocycles. The number of rotatable bonds is 9. The normalized spacial score (nSPS) is 13.6. The van der Waals surface area contributed by atoms with Gasteiger partial charge in [-0.05, 0) is 80.6 Å². The lowest BCUT2D eigenvalue weighted by Gasteiger charge is -2.12. The highest BCUT2D eigenvalue weighted by Gasteiger charge is 2.29. The fraction of sp³-hybridized carbons (Fsp3) is 0.152. The highest BCUT2D eigenvalue weighted by Crippen LogP contribution is 2.32. The number of amides is 2. The fourth-order valence-corrected chi connectivity index (χ4v) is 4.73. The molecular weight excluding hydrogens is 586 g/mol. The van der Waals surface area contributed by atoms with Gasteiger partial charge in [-0.1, -0.05) is 17.7 Å². The number of esters is 1. The maximum absolute atomic E-state index is 13.3. The van der Waals surface area contributed by atoms with E-state index in [0.29, 0.717) is 56.8 Å². The van der Waals surface area contributed by atoms with Gasteiger partial charge in [-0.3, -0.25) is 9.59 Å². The van der Waals surface area contributed by atoms with Crippen LogP contribution in [-0.4, -0.2) is 44.3 Å². The lowest BCUT2D eigenvalue weighted by Crippen LogP contribution is -2.21. The Morgan fingerprint density at radius 2 is 1.80 bits per heavy atom. The summed E-state index contributed by atoms with van der Waals surface area (Å²) in [6, 6.07) is 20.0. The number of halogens is 1. The summed E-state index contributed by atoms with van der Waals surface area (Å²) in [5.74, 6) is 0.599. The van der Waals surface area contributed by atoms with Crippen LogP contribution in [0.5, 0.6) is 11.5 Å². The molecule has 0 aliphatic carbocycles. The topological polar surface area (TPSA) is 120 Å². The largest absolute Gasteiger partial charge is 0.493 e. The smallest absolute Gasteiger partial charge is 0.338 e. The second-order valence-electron chi connectivity index (χ2n) is 9.55. The highest BCUT2D eigenvalue weighted by molar-refractivity contribution is 6.34. The van der Waals surface area contributed by atoms with Crippen LogP contribution in [0.15, 0.2) is 87.9 Å². The van der Waals surface area contributed by atoms with E-state index in [4.69, 9.17) is 30.2 Å². The van der Waals surface area contributed by atoms with Crippen molar-refractivity contribution in [1.29, 1.82) is 0 Å². The number of carbonyl (C=O) groups is 3. The Hall–Kier alpha value is -5.35. The van der Waals surface area contributed by atoms with E-state index >= 15 is 0 Å². The number of hydrogen-bond acceptors (Lipinski definition) is 8. The van der Waals surface area contributed by atoms with Gasteiger partial charge in [0.1, 0.15) is 11.5 Å². The van der Waals surface area contributed by atoms with Crippen LogP contribution in [0.3, 0.4) is 0 Å². The highest BCUT2D eigenvalue weighted by atomic mass is 35.5. The molecule has 0 saturated heterocycles. The molecule has 0 atom stereocenters. The van der Waals surface area contributed by atoms with E-state index in [9.17, 15) is 14.4 Å². The van der Waals surface area contributed by atoms with E-state index in [1.54, 1.807) is 92.7 Å². The van der Waals surface area contributed by atoms with Crippen LogP contribution < -0.4 is 19.8 Å². The molecule has 44 heavy (non-hydrogen) atoms. The summed E-state index contributed by atoms with van der Waals surface area (Å²) < 4.78 is 21.6. The first-order valence-electron chi connectivity index (χ1n) is 13.5. The van der Waals surface area contributed by atoms with Gasteiger partial charge < -0.3 is 23.9 Å². The number of hydrogen-bond donors (Lipinski definition) is 1. The Kier molecular flexibility index (Phi) is 8.82. The molecule has 1 N–H and O–H groups in total. The van der Waals surface area contributed by atoms with Crippen molar-refractivity contribution in [2.45, 2.75) is 13.8 Å². The number of nitrogens with zero attached hydrogens (tertiary/aromatic N) is 2. The molecule has 2 heterocycles. The van der Waals surface area contributed by atoms with Crippen molar-refractivity contribution < 1.29 is 33.0 Å². The number of ether oxygens (including phenoxy) is 3. The maximum atomic E-state index is 13.3. The van der Waals surface area contributed by atoms with Crippen LogP contribution in [0.1, 0.15) is 40.3 Å². The van der Waals surface area contributed by atoms with E-state index in [-0.39, 0.29) is 23.1 Å². The summed E-state index contributed by atoms with van der Waals surface area (Å²) in [6.45, 7) is 3.68. The second kappa shape index (κ2) is 12.9.